The Morgan fingerprint density at radius 1 is 1.20 bits per heavy atom. The van der Waals surface area contributed by atoms with Crippen LogP contribution in [-0.2, 0) is 11.2 Å². The maximum absolute atomic E-state index is 12.3. The van der Waals surface area contributed by atoms with Crippen LogP contribution in [0.15, 0.2) is 42.5 Å². The molecule has 0 radical (unpaired) electrons. The minimum absolute atomic E-state index is 0.0492. The zero-order chi connectivity index (χ0) is 17.8. The van der Waals surface area contributed by atoms with E-state index in [1.807, 2.05) is 6.07 Å². The summed E-state index contributed by atoms with van der Waals surface area (Å²) in [5.74, 6) is -0.346. The lowest BCUT2D eigenvalue weighted by molar-refractivity contribution is -0.107. The minimum Gasteiger partial charge on any atom is -0.352 e. The molecule has 0 spiro atoms. The standard InChI is InChI=1S/C19H17ClN2O3/c20-16-4-2-1-3-15(16)19(25)21-9-7-18(24)14-5-6-17-13(11-14)8-10-22(17)12-23/h1-6,11-12H,7-10H2,(H,21,25). The molecule has 1 aliphatic heterocycles. The molecule has 0 saturated heterocycles. The highest BCUT2D eigenvalue weighted by Crippen LogP contribution is 2.27. The van der Waals surface area contributed by atoms with Gasteiger partial charge in [0, 0.05) is 30.8 Å². The zero-order valence-corrected chi connectivity index (χ0v) is 14.3. The van der Waals surface area contributed by atoms with Crippen molar-refractivity contribution < 1.29 is 14.4 Å². The molecule has 0 unspecified atom stereocenters. The summed E-state index contributed by atoms with van der Waals surface area (Å²) in [4.78, 5) is 37.0. The van der Waals surface area contributed by atoms with Crippen molar-refractivity contribution in [2.75, 3.05) is 18.0 Å². The smallest absolute Gasteiger partial charge is 0.252 e. The number of fused-ring (bicyclic) bond motifs is 1. The largest absolute Gasteiger partial charge is 0.352 e. The van der Waals surface area contributed by atoms with E-state index < -0.39 is 0 Å². The van der Waals surface area contributed by atoms with Crippen LogP contribution in [0.2, 0.25) is 5.02 Å². The molecule has 6 heteroatoms. The summed E-state index contributed by atoms with van der Waals surface area (Å²) in [7, 11) is 0. The molecule has 0 aromatic heterocycles. The number of ketones is 1. The van der Waals surface area contributed by atoms with Crippen LogP contribution >= 0.6 is 11.6 Å². The molecule has 1 N–H and O–H groups in total. The lowest BCUT2D eigenvalue weighted by Crippen LogP contribution is -2.26. The van der Waals surface area contributed by atoms with Crippen molar-refractivity contribution >= 4 is 35.4 Å². The summed E-state index contributed by atoms with van der Waals surface area (Å²) in [6, 6.07) is 12.1. The average molecular weight is 357 g/mol. The molecule has 0 fully saturated rings. The van der Waals surface area contributed by atoms with Crippen LogP contribution < -0.4 is 10.2 Å². The molecular formula is C19H17ClN2O3. The molecule has 5 nitrogen and oxygen atoms in total. The molecule has 3 rings (SSSR count). The first-order valence-corrected chi connectivity index (χ1v) is 8.38. The van der Waals surface area contributed by atoms with E-state index in [2.05, 4.69) is 5.32 Å². The number of rotatable bonds is 6. The van der Waals surface area contributed by atoms with Crippen molar-refractivity contribution in [3.63, 3.8) is 0 Å². The number of amides is 2. The first-order chi connectivity index (χ1) is 12.1. The van der Waals surface area contributed by atoms with Crippen LogP contribution in [0.1, 0.15) is 32.7 Å². The zero-order valence-electron chi connectivity index (χ0n) is 13.5. The lowest BCUT2D eigenvalue weighted by atomic mass is 10.0. The van der Waals surface area contributed by atoms with E-state index >= 15 is 0 Å². The van der Waals surface area contributed by atoms with E-state index in [4.69, 9.17) is 11.6 Å². The predicted octanol–water partition coefficient (Wildman–Crippen LogP) is 2.86. The number of carbonyl (C=O) groups excluding carboxylic acids is 3. The van der Waals surface area contributed by atoms with Crippen molar-refractivity contribution in [2.45, 2.75) is 12.8 Å². The fraction of sp³-hybridized carbons (Fsp3) is 0.211. The number of hydrogen-bond donors (Lipinski definition) is 1. The summed E-state index contributed by atoms with van der Waals surface area (Å²) in [5.41, 5.74) is 2.85. The Kier molecular flexibility index (Phi) is 5.14. The van der Waals surface area contributed by atoms with Crippen molar-refractivity contribution in [2.24, 2.45) is 0 Å². The fourth-order valence-electron chi connectivity index (χ4n) is 2.88. The Hall–Kier alpha value is -2.66. The maximum atomic E-state index is 12.3. The van der Waals surface area contributed by atoms with Gasteiger partial charge < -0.3 is 10.2 Å². The molecule has 2 amide bonds. The molecule has 0 bridgehead atoms. The topological polar surface area (TPSA) is 66.5 Å². The van der Waals surface area contributed by atoms with E-state index in [0.29, 0.717) is 22.7 Å². The average Bonchev–Trinajstić information content (AvgIpc) is 3.04. The number of carbonyl (C=O) groups is 3. The Labute approximate surface area is 150 Å². The van der Waals surface area contributed by atoms with Crippen molar-refractivity contribution in [3.8, 4) is 0 Å². The fourth-order valence-corrected chi connectivity index (χ4v) is 3.11. The van der Waals surface area contributed by atoms with Crippen molar-refractivity contribution in [1.29, 1.82) is 0 Å². The molecule has 2 aromatic rings. The summed E-state index contributed by atoms with van der Waals surface area (Å²) < 4.78 is 0. The highest BCUT2D eigenvalue weighted by atomic mass is 35.5. The quantitative estimate of drug-likeness (QED) is 0.639. The van der Waals surface area contributed by atoms with Gasteiger partial charge in [-0.15, -0.1) is 0 Å². The molecular weight excluding hydrogens is 340 g/mol. The molecule has 1 heterocycles. The summed E-state index contributed by atoms with van der Waals surface area (Å²) in [5, 5.41) is 3.09. The number of halogens is 1. The first-order valence-electron chi connectivity index (χ1n) is 8.01. The Balaban J connectivity index is 1.58. The number of anilines is 1. The van der Waals surface area contributed by atoms with Crippen molar-refractivity contribution in [1.82, 2.24) is 5.32 Å². The second-order valence-corrected chi connectivity index (χ2v) is 6.21. The predicted molar refractivity (Wildman–Crippen MR) is 96.3 cm³/mol. The Morgan fingerprint density at radius 3 is 2.76 bits per heavy atom. The third-order valence-corrected chi connectivity index (χ3v) is 4.55. The van der Waals surface area contributed by atoms with Gasteiger partial charge in [-0.25, -0.2) is 0 Å². The number of Topliss-reactive ketones (excluding diaryl/α,β-unsaturated/α-hetero) is 1. The van der Waals surface area contributed by atoms with Crippen molar-refractivity contribution in [3.05, 3.63) is 64.2 Å². The van der Waals surface area contributed by atoms with Gasteiger partial charge in [0.1, 0.15) is 0 Å². The second-order valence-electron chi connectivity index (χ2n) is 5.80. The van der Waals surface area contributed by atoms with E-state index in [1.54, 1.807) is 41.3 Å². The van der Waals surface area contributed by atoms with Gasteiger partial charge in [-0.2, -0.15) is 0 Å². The number of benzene rings is 2. The third kappa shape index (κ3) is 3.72. The van der Waals surface area contributed by atoms with Gasteiger partial charge in [-0.1, -0.05) is 23.7 Å². The molecule has 1 aliphatic rings. The van der Waals surface area contributed by atoms with Crippen LogP contribution in [0.25, 0.3) is 0 Å². The van der Waals surface area contributed by atoms with Gasteiger partial charge in [0.2, 0.25) is 6.41 Å². The van der Waals surface area contributed by atoms with Gasteiger partial charge in [-0.3, -0.25) is 14.4 Å². The molecule has 0 atom stereocenters. The van der Waals surface area contributed by atoms with Crippen LogP contribution in [0.3, 0.4) is 0 Å². The summed E-state index contributed by atoms with van der Waals surface area (Å²) >= 11 is 5.98. The molecule has 0 aliphatic carbocycles. The maximum Gasteiger partial charge on any atom is 0.252 e. The van der Waals surface area contributed by atoms with E-state index in [9.17, 15) is 14.4 Å². The summed E-state index contributed by atoms with van der Waals surface area (Å²) in [6.07, 6.45) is 1.75. The van der Waals surface area contributed by atoms with E-state index in [-0.39, 0.29) is 24.7 Å². The van der Waals surface area contributed by atoms with Crippen LogP contribution in [0.5, 0.6) is 0 Å². The van der Waals surface area contributed by atoms with Gasteiger partial charge in [-0.05, 0) is 42.3 Å². The number of nitrogens with zero attached hydrogens (tertiary/aromatic N) is 1. The first kappa shape index (κ1) is 17.2. The SMILES string of the molecule is O=CN1CCc2cc(C(=O)CCNC(=O)c3ccccc3Cl)ccc21. The van der Waals surface area contributed by atoms with Crippen LogP contribution in [-0.4, -0.2) is 31.2 Å². The van der Waals surface area contributed by atoms with E-state index in [1.165, 1.54) is 0 Å². The molecule has 0 saturated carbocycles. The summed E-state index contributed by atoms with van der Waals surface area (Å²) in [6.45, 7) is 0.880. The van der Waals surface area contributed by atoms with E-state index in [0.717, 1.165) is 24.1 Å². The highest BCUT2D eigenvalue weighted by Gasteiger charge is 2.20. The van der Waals surface area contributed by atoms with Gasteiger partial charge in [0.05, 0.1) is 10.6 Å². The Bertz CT molecular complexity index is 835. The minimum atomic E-state index is -0.297. The molecule has 25 heavy (non-hydrogen) atoms. The molecule has 128 valence electrons. The number of nitrogens with one attached hydrogen (secondary N) is 1. The van der Waals surface area contributed by atoms with Gasteiger partial charge in [0.25, 0.3) is 5.91 Å². The van der Waals surface area contributed by atoms with Crippen LogP contribution in [0, 0.1) is 0 Å². The normalized spacial score (nSPS) is 12.6. The highest BCUT2D eigenvalue weighted by molar-refractivity contribution is 6.33. The Morgan fingerprint density at radius 2 is 2.00 bits per heavy atom. The van der Waals surface area contributed by atoms with Gasteiger partial charge in [0.15, 0.2) is 5.78 Å². The van der Waals surface area contributed by atoms with Gasteiger partial charge >= 0.3 is 0 Å². The molecule has 2 aromatic carbocycles. The number of hydrogen-bond acceptors (Lipinski definition) is 3. The second kappa shape index (κ2) is 7.49. The third-order valence-electron chi connectivity index (χ3n) is 4.22. The monoisotopic (exact) mass is 356 g/mol. The lowest BCUT2D eigenvalue weighted by Gasteiger charge is -2.10. The van der Waals surface area contributed by atoms with Crippen LogP contribution in [0.4, 0.5) is 5.69 Å².